The van der Waals surface area contributed by atoms with Gasteiger partial charge in [-0.15, -0.1) is 0 Å². The van der Waals surface area contributed by atoms with Crippen LogP contribution in [0.4, 0.5) is 17.1 Å². The normalized spacial score (nSPS) is 10.4. The van der Waals surface area contributed by atoms with Crippen LogP contribution < -0.4 is 16.0 Å². The maximum absolute atomic E-state index is 12.2. The molecule has 3 N–H and O–H groups in total. The minimum absolute atomic E-state index is 0.261. The molecule has 0 aliphatic carbocycles. The molecule has 0 fully saturated rings. The van der Waals surface area contributed by atoms with Crippen molar-refractivity contribution in [1.29, 1.82) is 0 Å². The zero-order valence-corrected chi connectivity index (χ0v) is 12.1. The number of hydrogen-bond donors (Lipinski definition) is 2. The molecule has 0 radical (unpaired) electrons. The summed E-state index contributed by atoms with van der Waals surface area (Å²) in [4.78, 5) is 14.2. The van der Waals surface area contributed by atoms with Crippen LogP contribution in [0.5, 0.6) is 0 Å². The smallest absolute Gasteiger partial charge is 0.276 e. The van der Waals surface area contributed by atoms with Crippen molar-refractivity contribution in [2.24, 2.45) is 7.05 Å². The molecule has 0 atom stereocenters. The van der Waals surface area contributed by atoms with Crippen LogP contribution in [0.25, 0.3) is 0 Å². The third kappa shape index (κ3) is 2.59. The van der Waals surface area contributed by atoms with E-state index in [-0.39, 0.29) is 5.91 Å². The van der Waals surface area contributed by atoms with E-state index in [4.69, 9.17) is 5.73 Å². The predicted molar refractivity (Wildman–Crippen MR) is 81.1 cm³/mol. The molecule has 0 bridgehead atoms. The second-order valence-electron chi connectivity index (χ2n) is 4.87. The van der Waals surface area contributed by atoms with E-state index in [2.05, 4.69) is 10.4 Å². The van der Waals surface area contributed by atoms with Crippen molar-refractivity contribution >= 4 is 23.0 Å². The van der Waals surface area contributed by atoms with Crippen LogP contribution in [0.2, 0.25) is 0 Å². The number of amides is 1. The summed E-state index contributed by atoms with van der Waals surface area (Å²) in [6, 6.07) is 7.58. The van der Waals surface area contributed by atoms with Crippen molar-refractivity contribution in [3.8, 4) is 0 Å². The summed E-state index contributed by atoms with van der Waals surface area (Å²) in [7, 11) is 5.63. The van der Waals surface area contributed by atoms with E-state index in [0.29, 0.717) is 17.1 Å². The topological polar surface area (TPSA) is 76.2 Å². The SMILES string of the molecule is Cc1nn(C)c(C(=O)Nc2ccc(N(C)C)cc2)c1N. The number of aryl methyl sites for hydroxylation is 2. The van der Waals surface area contributed by atoms with Crippen LogP contribution >= 0.6 is 0 Å². The lowest BCUT2D eigenvalue weighted by atomic mass is 10.2. The standard InChI is InChI=1S/C14H19N5O/c1-9-12(15)13(19(4)17-9)14(20)16-10-5-7-11(8-6-10)18(2)3/h5-8H,15H2,1-4H3,(H,16,20). The number of nitrogens with two attached hydrogens (primary N) is 1. The molecule has 0 saturated heterocycles. The Morgan fingerprint density at radius 2 is 1.90 bits per heavy atom. The average Bonchev–Trinajstić information content (AvgIpc) is 2.63. The van der Waals surface area contributed by atoms with Gasteiger partial charge < -0.3 is 16.0 Å². The van der Waals surface area contributed by atoms with Gasteiger partial charge in [0.1, 0.15) is 5.69 Å². The van der Waals surface area contributed by atoms with Crippen LogP contribution in [0.15, 0.2) is 24.3 Å². The van der Waals surface area contributed by atoms with Crippen molar-refractivity contribution in [3.05, 3.63) is 35.7 Å². The Bertz CT molecular complexity index is 628. The minimum atomic E-state index is -0.261. The van der Waals surface area contributed by atoms with Crippen molar-refractivity contribution < 1.29 is 4.79 Å². The van der Waals surface area contributed by atoms with Gasteiger partial charge in [-0.25, -0.2) is 0 Å². The first-order valence-corrected chi connectivity index (χ1v) is 6.28. The van der Waals surface area contributed by atoms with E-state index in [0.717, 1.165) is 11.4 Å². The van der Waals surface area contributed by atoms with E-state index in [1.54, 1.807) is 14.0 Å². The highest BCUT2D eigenvalue weighted by molar-refractivity contribution is 6.06. The van der Waals surface area contributed by atoms with Gasteiger partial charge >= 0.3 is 0 Å². The quantitative estimate of drug-likeness (QED) is 0.891. The number of hydrogen-bond acceptors (Lipinski definition) is 4. The molecular formula is C14H19N5O. The van der Waals surface area contributed by atoms with Gasteiger partial charge in [0.25, 0.3) is 5.91 Å². The van der Waals surface area contributed by atoms with Gasteiger partial charge in [-0.3, -0.25) is 9.48 Å². The van der Waals surface area contributed by atoms with Gasteiger partial charge in [0.2, 0.25) is 0 Å². The number of aromatic nitrogens is 2. The van der Waals surface area contributed by atoms with E-state index in [9.17, 15) is 4.79 Å². The zero-order valence-electron chi connectivity index (χ0n) is 12.1. The molecule has 1 aromatic carbocycles. The third-order valence-electron chi connectivity index (χ3n) is 3.13. The summed E-state index contributed by atoms with van der Waals surface area (Å²) in [6.07, 6.45) is 0. The Labute approximate surface area is 118 Å². The average molecular weight is 273 g/mol. The lowest BCUT2D eigenvalue weighted by molar-refractivity contribution is 0.101. The molecular weight excluding hydrogens is 254 g/mol. The van der Waals surface area contributed by atoms with Gasteiger partial charge in [-0.2, -0.15) is 5.10 Å². The van der Waals surface area contributed by atoms with Gasteiger partial charge in [0.05, 0.1) is 11.4 Å². The molecule has 6 nitrogen and oxygen atoms in total. The number of nitrogen functional groups attached to an aromatic ring is 1. The predicted octanol–water partition coefficient (Wildman–Crippen LogP) is 1.63. The second-order valence-corrected chi connectivity index (χ2v) is 4.87. The summed E-state index contributed by atoms with van der Waals surface area (Å²) in [6.45, 7) is 1.78. The number of nitrogens with one attached hydrogen (secondary N) is 1. The molecule has 0 saturated carbocycles. The summed E-state index contributed by atoms with van der Waals surface area (Å²) in [5, 5.41) is 6.96. The molecule has 1 heterocycles. The van der Waals surface area contributed by atoms with Gasteiger partial charge in [-0.05, 0) is 31.2 Å². The molecule has 1 aromatic heterocycles. The monoisotopic (exact) mass is 273 g/mol. The number of nitrogens with zero attached hydrogens (tertiary/aromatic N) is 3. The van der Waals surface area contributed by atoms with Crippen LogP contribution in [-0.4, -0.2) is 29.8 Å². The number of carbonyl (C=O) groups excluding carboxylic acids is 1. The molecule has 2 rings (SSSR count). The van der Waals surface area contributed by atoms with E-state index in [1.165, 1.54) is 4.68 Å². The molecule has 0 spiro atoms. The molecule has 20 heavy (non-hydrogen) atoms. The first-order chi connectivity index (χ1) is 9.40. The van der Waals surface area contributed by atoms with Crippen molar-refractivity contribution in [2.75, 3.05) is 30.0 Å². The second kappa shape index (κ2) is 5.24. The Hall–Kier alpha value is -2.50. The largest absolute Gasteiger partial charge is 0.395 e. The fourth-order valence-corrected chi connectivity index (χ4v) is 1.98. The number of rotatable bonds is 3. The number of anilines is 3. The summed E-state index contributed by atoms with van der Waals surface area (Å²) in [5.74, 6) is -0.261. The molecule has 1 amide bonds. The fraction of sp³-hybridized carbons (Fsp3) is 0.286. The Balaban J connectivity index is 2.19. The Kier molecular flexibility index (Phi) is 3.65. The van der Waals surface area contributed by atoms with E-state index < -0.39 is 0 Å². The maximum atomic E-state index is 12.2. The van der Waals surface area contributed by atoms with Crippen LogP contribution in [0, 0.1) is 6.92 Å². The molecule has 106 valence electrons. The zero-order chi connectivity index (χ0) is 14.9. The van der Waals surface area contributed by atoms with E-state index in [1.807, 2.05) is 43.3 Å². The summed E-state index contributed by atoms with van der Waals surface area (Å²) < 4.78 is 1.49. The Morgan fingerprint density at radius 3 is 2.35 bits per heavy atom. The van der Waals surface area contributed by atoms with Crippen molar-refractivity contribution in [1.82, 2.24) is 9.78 Å². The Morgan fingerprint density at radius 1 is 1.30 bits per heavy atom. The number of carbonyl (C=O) groups is 1. The maximum Gasteiger partial charge on any atom is 0.276 e. The molecule has 0 aliphatic rings. The molecule has 2 aromatic rings. The summed E-state index contributed by atoms with van der Waals surface area (Å²) in [5.41, 5.74) is 9.10. The van der Waals surface area contributed by atoms with Crippen LogP contribution in [-0.2, 0) is 7.05 Å². The fourth-order valence-electron chi connectivity index (χ4n) is 1.98. The van der Waals surface area contributed by atoms with Crippen molar-refractivity contribution in [2.45, 2.75) is 6.92 Å². The van der Waals surface area contributed by atoms with Crippen LogP contribution in [0.1, 0.15) is 16.2 Å². The van der Waals surface area contributed by atoms with Crippen LogP contribution in [0.3, 0.4) is 0 Å². The first kappa shape index (κ1) is 13.9. The highest BCUT2D eigenvalue weighted by Crippen LogP contribution is 2.19. The number of benzene rings is 1. The first-order valence-electron chi connectivity index (χ1n) is 6.28. The minimum Gasteiger partial charge on any atom is -0.395 e. The van der Waals surface area contributed by atoms with Gasteiger partial charge in [-0.1, -0.05) is 0 Å². The van der Waals surface area contributed by atoms with E-state index >= 15 is 0 Å². The lowest BCUT2D eigenvalue weighted by Gasteiger charge is -2.13. The molecule has 0 unspecified atom stereocenters. The summed E-state index contributed by atoms with van der Waals surface area (Å²) >= 11 is 0. The lowest BCUT2D eigenvalue weighted by Crippen LogP contribution is -2.17. The molecule has 6 heteroatoms. The van der Waals surface area contributed by atoms with Gasteiger partial charge in [0.15, 0.2) is 0 Å². The highest BCUT2D eigenvalue weighted by Gasteiger charge is 2.17. The van der Waals surface area contributed by atoms with Crippen molar-refractivity contribution in [3.63, 3.8) is 0 Å². The highest BCUT2D eigenvalue weighted by atomic mass is 16.2. The third-order valence-corrected chi connectivity index (χ3v) is 3.13. The molecule has 0 aliphatic heterocycles. The van der Waals surface area contributed by atoms with Gasteiger partial charge in [0, 0.05) is 32.5 Å².